The molecule has 2 aromatic carbocycles. The molecule has 0 unspecified atom stereocenters. The molecule has 2 aromatic rings. The van der Waals surface area contributed by atoms with Crippen molar-refractivity contribution in [3.05, 3.63) is 63.2 Å². The van der Waals surface area contributed by atoms with Crippen molar-refractivity contribution in [1.29, 1.82) is 0 Å². The summed E-state index contributed by atoms with van der Waals surface area (Å²) < 4.78 is 5.72. The van der Waals surface area contributed by atoms with Gasteiger partial charge in [-0.15, -0.1) is 11.6 Å². The summed E-state index contributed by atoms with van der Waals surface area (Å²) >= 11 is 5.80. The highest BCUT2D eigenvalue weighted by molar-refractivity contribution is 6.17. The van der Waals surface area contributed by atoms with Gasteiger partial charge in [-0.05, 0) is 37.1 Å². The second-order valence-corrected chi connectivity index (χ2v) is 4.78. The quantitative estimate of drug-likeness (QED) is 0.464. The fraction of sp³-hybridized carbons (Fsp3) is 0.200. The lowest BCUT2D eigenvalue weighted by molar-refractivity contribution is -0.386. The summed E-state index contributed by atoms with van der Waals surface area (Å²) in [4.78, 5) is 10.7. The largest absolute Gasteiger partial charge is 0.450 e. The fourth-order valence-electron chi connectivity index (χ4n) is 1.90. The van der Waals surface area contributed by atoms with Gasteiger partial charge in [0.25, 0.3) is 0 Å². The minimum atomic E-state index is -0.425. The molecule has 2 rings (SSSR count). The first-order valence-corrected chi connectivity index (χ1v) is 6.63. The predicted molar refractivity (Wildman–Crippen MR) is 78.6 cm³/mol. The van der Waals surface area contributed by atoms with Crippen molar-refractivity contribution >= 4 is 17.3 Å². The molecule has 0 atom stereocenters. The Morgan fingerprint density at radius 2 is 1.90 bits per heavy atom. The molecule has 5 heteroatoms. The molecule has 0 spiro atoms. The lowest BCUT2D eigenvalue weighted by Gasteiger charge is -2.11. The number of ether oxygens (including phenoxy) is 1. The first-order valence-electron chi connectivity index (χ1n) is 6.10. The number of alkyl halides is 1. The molecule has 104 valence electrons. The van der Waals surface area contributed by atoms with Crippen LogP contribution in [-0.4, -0.2) is 4.92 Å². The van der Waals surface area contributed by atoms with E-state index in [0.29, 0.717) is 17.2 Å². The molecule has 0 aliphatic rings. The third-order valence-electron chi connectivity index (χ3n) is 3.01. The average Bonchev–Trinajstić information content (AvgIpc) is 2.41. The van der Waals surface area contributed by atoms with Gasteiger partial charge in [-0.25, -0.2) is 0 Å². The van der Waals surface area contributed by atoms with E-state index in [-0.39, 0.29) is 11.4 Å². The minimum Gasteiger partial charge on any atom is -0.450 e. The van der Waals surface area contributed by atoms with Gasteiger partial charge < -0.3 is 4.74 Å². The SMILES string of the molecule is Cc1ccc(CCl)cc1Oc1cccc(C)c1[N+](=O)[O-]. The molecule has 0 N–H and O–H groups in total. The van der Waals surface area contributed by atoms with Crippen molar-refractivity contribution in [3.63, 3.8) is 0 Å². The van der Waals surface area contributed by atoms with Gasteiger partial charge in [-0.1, -0.05) is 24.3 Å². The summed E-state index contributed by atoms with van der Waals surface area (Å²) in [6.07, 6.45) is 0. The molecule has 0 saturated carbocycles. The van der Waals surface area contributed by atoms with Crippen LogP contribution in [0, 0.1) is 24.0 Å². The summed E-state index contributed by atoms with van der Waals surface area (Å²) in [7, 11) is 0. The Balaban J connectivity index is 2.45. The van der Waals surface area contributed by atoms with Gasteiger partial charge in [-0.2, -0.15) is 0 Å². The van der Waals surface area contributed by atoms with Gasteiger partial charge in [0, 0.05) is 11.4 Å². The molecule has 0 fully saturated rings. The van der Waals surface area contributed by atoms with Crippen LogP contribution in [0.15, 0.2) is 36.4 Å². The molecule has 0 saturated heterocycles. The Labute approximate surface area is 122 Å². The second kappa shape index (κ2) is 5.92. The Hall–Kier alpha value is -2.07. The van der Waals surface area contributed by atoms with Crippen LogP contribution in [0.25, 0.3) is 0 Å². The molecule has 0 aliphatic carbocycles. The zero-order valence-electron chi connectivity index (χ0n) is 11.2. The molecule has 0 radical (unpaired) electrons. The maximum absolute atomic E-state index is 11.1. The number of aryl methyl sites for hydroxylation is 2. The number of hydrogen-bond donors (Lipinski definition) is 0. The number of benzene rings is 2. The van der Waals surface area contributed by atoms with Crippen LogP contribution in [0.3, 0.4) is 0 Å². The van der Waals surface area contributed by atoms with E-state index in [1.807, 2.05) is 19.1 Å². The predicted octanol–water partition coefficient (Wildman–Crippen LogP) is 4.74. The summed E-state index contributed by atoms with van der Waals surface area (Å²) in [6, 6.07) is 10.6. The smallest absolute Gasteiger partial charge is 0.314 e. The minimum absolute atomic E-state index is 0.0109. The normalized spacial score (nSPS) is 10.3. The van der Waals surface area contributed by atoms with E-state index in [1.165, 1.54) is 0 Å². The van der Waals surface area contributed by atoms with Gasteiger partial charge in [0.2, 0.25) is 5.75 Å². The number of nitro groups is 1. The summed E-state index contributed by atoms with van der Waals surface area (Å²) in [6.45, 7) is 3.57. The van der Waals surface area contributed by atoms with Crippen molar-refractivity contribution in [1.82, 2.24) is 0 Å². The Kier molecular flexibility index (Phi) is 4.25. The second-order valence-electron chi connectivity index (χ2n) is 4.51. The third kappa shape index (κ3) is 2.91. The van der Waals surface area contributed by atoms with Crippen molar-refractivity contribution in [2.45, 2.75) is 19.7 Å². The maximum Gasteiger partial charge on any atom is 0.314 e. The number of halogens is 1. The van der Waals surface area contributed by atoms with Crippen molar-refractivity contribution in [2.24, 2.45) is 0 Å². The highest BCUT2D eigenvalue weighted by Crippen LogP contribution is 2.35. The molecule has 4 nitrogen and oxygen atoms in total. The van der Waals surface area contributed by atoms with Gasteiger partial charge in [-0.3, -0.25) is 10.1 Å². The lowest BCUT2D eigenvalue weighted by Crippen LogP contribution is -1.97. The first kappa shape index (κ1) is 14.3. The van der Waals surface area contributed by atoms with Crippen molar-refractivity contribution in [2.75, 3.05) is 0 Å². The molecule has 0 aliphatic heterocycles. The average molecular weight is 292 g/mol. The van der Waals surface area contributed by atoms with E-state index in [2.05, 4.69) is 0 Å². The van der Waals surface area contributed by atoms with E-state index in [0.717, 1.165) is 11.1 Å². The Bertz CT molecular complexity index is 656. The molecule has 20 heavy (non-hydrogen) atoms. The van der Waals surface area contributed by atoms with Gasteiger partial charge >= 0.3 is 5.69 Å². The highest BCUT2D eigenvalue weighted by Gasteiger charge is 2.19. The number of nitro benzene ring substituents is 1. The lowest BCUT2D eigenvalue weighted by atomic mass is 10.1. The summed E-state index contributed by atoms with van der Waals surface area (Å²) in [5.74, 6) is 1.19. The zero-order chi connectivity index (χ0) is 14.7. The molecular weight excluding hydrogens is 278 g/mol. The van der Waals surface area contributed by atoms with Crippen LogP contribution in [0.2, 0.25) is 0 Å². The van der Waals surface area contributed by atoms with E-state index >= 15 is 0 Å². The molecular formula is C15H14ClNO3. The molecule has 0 aromatic heterocycles. The highest BCUT2D eigenvalue weighted by atomic mass is 35.5. The van der Waals surface area contributed by atoms with Gasteiger partial charge in [0.05, 0.1) is 4.92 Å². The van der Waals surface area contributed by atoms with E-state index in [9.17, 15) is 10.1 Å². The fourth-order valence-corrected chi connectivity index (χ4v) is 2.07. The topological polar surface area (TPSA) is 52.4 Å². The van der Waals surface area contributed by atoms with Crippen molar-refractivity contribution < 1.29 is 9.66 Å². The Morgan fingerprint density at radius 3 is 2.55 bits per heavy atom. The molecule has 0 heterocycles. The Morgan fingerprint density at radius 1 is 1.15 bits per heavy atom. The van der Waals surface area contributed by atoms with Gasteiger partial charge in [0.15, 0.2) is 0 Å². The maximum atomic E-state index is 11.1. The third-order valence-corrected chi connectivity index (χ3v) is 3.32. The van der Waals surface area contributed by atoms with Crippen LogP contribution in [-0.2, 0) is 5.88 Å². The van der Waals surface area contributed by atoms with E-state index in [4.69, 9.17) is 16.3 Å². The summed E-state index contributed by atoms with van der Waals surface area (Å²) in [5, 5.41) is 11.1. The standard InChI is InChI=1S/C15H14ClNO3/c1-10-6-7-12(9-16)8-14(10)20-13-5-3-4-11(2)15(13)17(18)19/h3-8H,9H2,1-2H3. The number of para-hydroxylation sites is 1. The van der Waals surface area contributed by atoms with Crippen LogP contribution >= 0.6 is 11.6 Å². The van der Waals surface area contributed by atoms with Crippen LogP contribution < -0.4 is 4.74 Å². The van der Waals surface area contributed by atoms with Crippen LogP contribution in [0.4, 0.5) is 5.69 Å². The number of hydrogen-bond acceptors (Lipinski definition) is 3. The zero-order valence-corrected chi connectivity index (χ0v) is 12.0. The number of nitrogens with zero attached hydrogens (tertiary/aromatic N) is 1. The summed E-state index contributed by atoms with van der Waals surface area (Å²) in [5.41, 5.74) is 2.36. The van der Waals surface area contributed by atoms with Gasteiger partial charge in [0.1, 0.15) is 5.75 Å². The van der Waals surface area contributed by atoms with Crippen LogP contribution in [0.5, 0.6) is 11.5 Å². The van der Waals surface area contributed by atoms with E-state index in [1.54, 1.807) is 31.2 Å². The molecule has 0 amide bonds. The number of rotatable bonds is 4. The van der Waals surface area contributed by atoms with E-state index < -0.39 is 4.92 Å². The molecule has 0 bridgehead atoms. The monoisotopic (exact) mass is 291 g/mol. The van der Waals surface area contributed by atoms with Crippen molar-refractivity contribution in [3.8, 4) is 11.5 Å². The first-order chi connectivity index (χ1) is 9.52. The van der Waals surface area contributed by atoms with Crippen LogP contribution in [0.1, 0.15) is 16.7 Å².